The van der Waals surface area contributed by atoms with Crippen molar-refractivity contribution in [2.75, 3.05) is 26.2 Å². The van der Waals surface area contributed by atoms with E-state index >= 15 is 0 Å². The van der Waals surface area contributed by atoms with Crippen LogP contribution in [0.25, 0.3) is 0 Å². The SMILES string of the molecule is F[C@@H]1CCN(C2CC[N]CC2)C1. The lowest BCUT2D eigenvalue weighted by Gasteiger charge is -2.30. The molecule has 0 amide bonds. The molecule has 0 N–H and O–H groups in total. The van der Waals surface area contributed by atoms with Crippen LogP contribution in [-0.4, -0.2) is 43.3 Å². The Morgan fingerprint density at radius 1 is 1.17 bits per heavy atom. The predicted octanol–water partition coefficient (Wildman–Crippen LogP) is 0.797. The lowest BCUT2D eigenvalue weighted by atomic mass is 10.1. The molecule has 0 saturated carbocycles. The fourth-order valence-electron chi connectivity index (χ4n) is 2.18. The summed E-state index contributed by atoms with van der Waals surface area (Å²) >= 11 is 0. The van der Waals surface area contributed by atoms with E-state index in [1.165, 1.54) is 0 Å². The van der Waals surface area contributed by atoms with E-state index < -0.39 is 6.17 Å². The van der Waals surface area contributed by atoms with Crippen LogP contribution < -0.4 is 5.32 Å². The van der Waals surface area contributed by atoms with E-state index in [0.29, 0.717) is 12.6 Å². The van der Waals surface area contributed by atoms with Gasteiger partial charge in [0.1, 0.15) is 6.17 Å². The van der Waals surface area contributed by atoms with Crippen LogP contribution in [0.4, 0.5) is 4.39 Å². The van der Waals surface area contributed by atoms with Gasteiger partial charge in [0, 0.05) is 32.2 Å². The molecular weight excluding hydrogens is 155 g/mol. The number of rotatable bonds is 1. The average Bonchev–Trinajstić information content (AvgIpc) is 2.54. The van der Waals surface area contributed by atoms with Crippen molar-refractivity contribution < 1.29 is 4.39 Å². The first-order valence-corrected chi connectivity index (χ1v) is 4.87. The topological polar surface area (TPSA) is 17.3 Å². The fourth-order valence-corrected chi connectivity index (χ4v) is 2.18. The van der Waals surface area contributed by atoms with Crippen molar-refractivity contribution >= 4 is 0 Å². The monoisotopic (exact) mass is 171 g/mol. The van der Waals surface area contributed by atoms with Crippen LogP contribution in [0.3, 0.4) is 0 Å². The second-order valence-electron chi connectivity index (χ2n) is 3.78. The molecule has 0 unspecified atom stereocenters. The summed E-state index contributed by atoms with van der Waals surface area (Å²) in [6, 6.07) is 0.628. The molecule has 0 bridgehead atoms. The van der Waals surface area contributed by atoms with Gasteiger partial charge in [0.2, 0.25) is 0 Å². The number of alkyl halides is 1. The summed E-state index contributed by atoms with van der Waals surface area (Å²) in [4.78, 5) is 2.30. The number of hydrogen-bond acceptors (Lipinski definition) is 1. The lowest BCUT2D eigenvalue weighted by molar-refractivity contribution is 0.183. The molecule has 1 atom stereocenters. The normalized spacial score (nSPS) is 34.2. The molecule has 2 heterocycles. The molecule has 0 aromatic carbocycles. The van der Waals surface area contributed by atoms with Crippen molar-refractivity contribution in [2.45, 2.75) is 31.5 Å². The summed E-state index contributed by atoms with van der Waals surface area (Å²) in [6.45, 7) is 3.60. The summed E-state index contributed by atoms with van der Waals surface area (Å²) in [6.07, 6.45) is 2.47. The molecule has 0 aromatic rings. The summed E-state index contributed by atoms with van der Waals surface area (Å²) in [5.74, 6) is 0. The minimum Gasteiger partial charge on any atom is -0.297 e. The van der Waals surface area contributed by atoms with Crippen LogP contribution in [0.2, 0.25) is 0 Å². The zero-order valence-corrected chi connectivity index (χ0v) is 7.38. The van der Waals surface area contributed by atoms with Crippen molar-refractivity contribution in [1.29, 1.82) is 0 Å². The van der Waals surface area contributed by atoms with E-state index in [4.69, 9.17) is 0 Å². The van der Waals surface area contributed by atoms with Crippen molar-refractivity contribution in [3.05, 3.63) is 0 Å². The highest BCUT2D eigenvalue weighted by Crippen LogP contribution is 2.20. The Labute approximate surface area is 73.1 Å². The maximum Gasteiger partial charge on any atom is 0.114 e. The Bertz CT molecular complexity index is 143. The third kappa shape index (κ3) is 1.77. The van der Waals surface area contributed by atoms with Gasteiger partial charge in [-0.1, -0.05) is 0 Å². The molecule has 2 nitrogen and oxygen atoms in total. The Balaban J connectivity index is 1.83. The molecule has 0 aromatic heterocycles. The first-order chi connectivity index (χ1) is 5.86. The molecule has 12 heavy (non-hydrogen) atoms. The van der Waals surface area contributed by atoms with Crippen LogP contribution in [-0.2, 0) is 0 Å². The third-order valence-corrected chi connectivity index (χ3v) is 2.92. The van der Waals surface area contributed by atoms with Gasteiger partial charge in [-0.15, -0.1) is 0 Å². The molecule has 1 radical (unpaired) electrons. The number of hydrogen-bond donors (Lipinski definition) is 0. The Morgan fingerprint density at radius 2 is 1.92 bits per heavy atom. The smallest absolute Gasteiger partial charge is 0.114 e. The predicted molar refractivity (Wildman–Crippen MR) is 46.0 cm³/mol. The van der Waals surface area contributed by atoms with Gasteiger partial charge in [0.25, 0.3) is 0 Å². The van der Waals surface area contributed by atoms with Gasteiger partial charge in [0.15, 0.2) is 0 Å². The van der Waals surface area contributed by atoms with Crippen molar-refractivity contribution in [3.8, 4) is 0 Å². The van der Waals surface area contributed by atoms with Crippen LogP contribution in [0.5, 0.6) is 0 Å². The van der Waals surface area contributed by atoms with E-state index in [2.05, 4.69) is 10.2 Å². The second-order valence-corrected chi connectivity index (χ2v) is 3.78. The third-order valence-electron chi connectivity index (χ3n) is 2.92. The van der Waals surface area contributed by atoms with E-state index in [1.807, 2.05) is 0 Å². The van der Waals surface area contributed by atoms with E-state index in [9.17, 15) is 4.39 Å². The first kappa shape index (κ1) is 8.45. The summed E-state index contributed by atoms with van der Waals surface area (Å²) < 4.78 is 12.9. The molecule has 3 heteroatoms. The molecule has 2 saturated heterocycles. The minimum atomic E-state index is -0.566. The summed E-state index contributed by atoms with van der Waals surface area (Å²) in [5.41, 5.74) is 0. The highest BCUT2D eigenvalue weighted by atomic mass is 19.1. The van der Waals surface area contributed by atoms with Gasteiger partial charge in [-0.25, -0.2) is 9.71 Å². The van der Waals surface area contributed by atoms with E-state index in [-0.39, 0.29) is 0 Å². The Kier molecular flexibility index (Phi) is 2.61. The zero-order chi connectivity index (χ0) is 8.39. The van der Waals surface area contributed by atoms with Crippen LogP contribution in [0.1, 0.15) is 19.3 Å². The molecule has 69 valence electrons. The highest BCUT2D eigenvalue weighted by molar-refractivity contribution is 4.84. The Hall–Kier alpha value is -0.150. The van der Waals surface area contributed by atoms with E-state index in [1.54, 1.807) is 0 Å². The quantitative estimate of drug-likeness (QED) is 0.570. The molecule has 0 aliphatic carbocycles. The van der Waals surface area contributed by atoms with E-state index in [0.717, 1.165) is 38.9 Å². The van der Waals surface area contributed by atoms with Crippen LogP contribution in [0, 0.1) is 0 Å². The van der Waals surface area contributed by atoms with Gasteiger partial charge in [-0.2, -0.15) is 0 Å². The van der Waals surface area contributed by atoms with Crippen molar-refractivity contribution in [1.82, 2.24) is 10.2 Å². The molecule has 2 aliphatic heterocycles. The fraction of sp³-hybridized carbons (Fsp3) is 1.00. The van der Waals surface area contributed by atoms with Gasteiger partial charge in [-0.05, 0) is 19.3 Å². The minimum absolute atomic E-state index is 0.566. The maximum absolute atomic E-state index is 12.9. The maximum atomic E-state index is 12.9. The largest absolute Gasteiger partial charge is 0.297 e. The first-order valence-electron chi connectivity index (χ1n) is 4.87. The zero-order valence-electron chi connectivity index (χ0n) is 7.38. The standard InChI is InChI=1S/C9H16FN2/c10-8-3-6-12(7-8)9-1-4-11-5-2-9/h8-9H,1-7H2/t8-/m1/s1. The van der Waals surface area contributed by atoms with Crippen LogP contribution in [0.15, 0.2) is 0 Å². The van der Waals surface area contributed by atoms with Gasteiger partial charge in [0.05, 0.1) is 0 Å². The summed E-state index contributed by atoms with van der Waals surface area (Å²) in [5, 5.41) is 4.30. The molecule has 2 rings (SSSR count). The molecular formula is C9H16FN2. The Morgan fingerprint density at radius 3 is 2.50 bits per heavy atom. The van der Waals surface area contributed by atoms with Crippen LogP contribution >= 0.6 is 0 Å². The number of nitrogens with zero attached hydrogens (tertiary/aromatic N) is 2. The highest BCUT2D eigenvalue weighted by Gasteiger charge is 2.28. The molecule has 2 aliphatic rings. The van der Waals surface area contributed by atoms with Crippen molar-refractivity contribution in [2.24, 2.45) is 0 Å². The number of halogens is 1. The van der Waals surface area contributed by atoms with Gasteiger partial charge >= 0.3 is 0 Å². The lowest BCUT2D eigenvalue weighted by Crippen LogP contribution is -2.40. The average molecular weight is 171 g/mol. The van der Waals surface area contributed by atoms with Gasteiger partial charge in [-0.3, -0.25) is 4.90 Å². The summed E-state index contributed by atoms with van der Waals surface area (Å²) in [7, 11) is 0. The number of likely N-dealkylation sites (tertiary alicyclic amines) is 1. The van der Waals surface area contributed by atoms with Crippen molar-refractivity contribution in [3.63, 3.8) is 0 Å². The number of piperidine rings is 1. The molecule has 2 fully saturated rings. The second kappa shape index (κ2) is 3.71. The van der Waals surface area contributed by atoms with Gasteiger partial charge < -0.3 is 0 Å². The molecule has 0 spiro atoms.